The lowest BCUT2D eigenvalue weighted by Gasteiger charge is -2.30. The van der Waals surface area contributed by atoms with Gasteiger partial charge in [-0.15, -0.1) is 0 Å². The molecule has 1 fully saturated rings. The van der Waals surface area contributed by atoms with Gasteiger partial charge in [-0.3, -0.25) is 9.59 Å². The average molecular weight is 388 g/mol. The van der Waals surface area contributed by atoms with Gasteiger partial charge < -0.3 is 20.1 Å². The molecular formula is C21H28N2O5. The summed E-state index contributed by atoms with van der Waals surface area (Å²) in [6.45, 7) is 3.10. The minimum absolute atomic E-state index is 0.0983. The van der Waals surface area contributed by atoms with Crippen LogP contribution in [0, 0.1) is 5.92 Å². The van der Waals surface area contributed by atoms with E-state index in [9.17, 15) is 19.5 Å². The summed E-state index contributed by atoms with van der Waals surface area (Å²) in [4.78, 5) is 38.2. The molecule has 28 heavy (non-hydrogen) atoms. The first-order valence-corrected chi connectivity index (χ1v) is 9.84. The molecule has 3 rings (SSSR count). The van der Waals surface area contributed by atoms with Crippen LogP contribution in [-0.4, -0.2) is 52.6 Å². The molecule has 0 spiro atoms. The van der Waals surface area contributed by atoms with E-state index in [-0.39, 0.29) is 24.4 Å². The number of carbonyl (C=O) groups excluding carboxylic acids is 3. The summed E-state index contributed by atoms with van der Waals surface area (Å²) < 4.78 is 5.03. The molecule has 7 nitrogen and oxygen atoms in total. The number of nitrogens with zero attached hydrogens (tertiary/aromatic N) is 1. The van der Waals surface area contributed by atoms with Gasteiger partial charge in [0.15, 0.2) is 12.2 Å². The maximum atomic E-state index is 12.4. The smallest absolute Gasteiger partial charge is 0.340 e. The molecule has 7 heteroatoms. The molecule has 3 atom stereocenters. The minimum Gasteiger partial charge on any atom is -0.453 e. The predicted molar refractivity (Wildman–Crippen MR) is 102 cm³/mol. The monoisotopic (exact) mass is 388 g/mol. The number of hydrogen-bond acceptors (Lipinski definition) is 5. The lowest BCUT2D eigenvalue weighted by atomic mass is 9.86. The molecule has 0 bridgehead atoms. The predicted octanol–water partition coefficient (Wildman–Crippen LogP) is 1.63. The van der Waals surface area contributed by atoms with Crippen LogP contribution in [0.1, 0.15) is 55.5 Å². The highest BCUT2D eigenvalue weighted by molar-refractivity contribution is 5.98. The highest BCUT2D eigenvalue weighted by Crippen LogP contribution is 2.25. The standard InChI is InChI=1S/C21H28N2O5/c1-14-7-3-6-10-17(14)22-18(24)12-28-20(26)21(2,27)13-23-11-15-8-4-5-9-16(15)19(23)25/h4-5,8-9,14,17,27H,3,6-7,10-13H2,1-2H3,(H,22,24)/t14-,17+,21-/m1/s1. The Kier molecular flexibility index (Phi) is 6.03. The molecule has 0 aromatic heterocycles. The van der Waals surface area contributed by atoms with E-state index >= 15 is 0 Å². The molecule has 0 radical (unpaired) electrons. The molecule has 1 aromatic carbocycles. The number of hydrogen-bond donors (Lipinski definition) is 2. The fourth-order valence-electron chi connectivity index (χ4n) is 3.94. The summed E-state index contributed by atoms with van der Waals surface area (Å²) in [7, 11) is 0. The summed E-state index contributed by atoms with van der Waals surface area (Å²) in [5.41, 5.74) is -0.457. The van der Waals surface area contributed by atoms with Gasteiger partial charge in [-0.2, -0.15) is 0 Å². The Morgan fingerprint density at radius 2 is 2.00 bits per heavy atom. The summed E-state index contributed by atoms with van der Waals surface area (Å²) in [5.74, 6) is -1.11. The van der Waals surface area contributed by atoms with Crippen molar-refractivity contribution in [3.63, 3.8) is 0 Å². The van der Waals surface area contributed by atoms with Crippen molar-refractivity contribution in [2.75, 3.05) is 13.2 Å². The molecule has 1 aliphatic heterocycles. The van der Waals surface area contributed by atoms with Gasteiger partial charge in [-0.25, -0.2) is 4.79 Å². The first-order valence-electron chi connectivity index (χ1n) is 9.84. The Hall–Kier alpha value is -2.41. The van der Waals surface area contributed by atoms with E-state index in [1.807, 2.05) is 12.1 Å². The van der Waals surface area contributed by atoms with Crippen molar-refractivity contribution in [1.82, 2.24) is 10.2 Å². The molecule has 1 heterocycles. The molecule has 0 unspecified atom stereocenters. The maximum Gasteiger partial charge on any atom is 0.340 e. The van der Waals surface area contributed by atoms with Crippen LogP contribution in [-0.2, 0) is 20.9 Å². The number of fused-ring (bicyclic) bond motifs is 1. The van der Waals surface area contributed by atoms with Crippen LogP contribution in [0.4, 0.5) is 0 Å². The summed E-state index contributed by atoms with van der Waals surface area (Å²) in [5, 5.41) is 13.4. The summed E-state index contributed by atoms with van der Waals surface area (Å²) in [6.07, 6.45) is 4.25. The number of rotatable bonds is 6. The van der Waals surface area contributed by atoms with Gasteiger partial charge in [0.2, 0.25) is 0 Å². The Labute approximate surface area is 165 Å². The van der Waals surface area contributed by atoms with E-state index in [1.54, 1.807) is 12.1 Å². The highest BCUT2D eigenvalue weighted by Gasteiger charge is 2.39. The molecular weight excluding hydrogens is 360 g/mol. The topological polar surface area (TPSA) is 95.9 Å². The number of esters is 1. The summed E-state index contributed by atoms with van der Waals surface area (Å²) in [6, 6.07) is 7.28. The third-order valence-corrected chi connectivity index (χ3v) is 5.63. The lowest BCUT2D eigenvalue weighted by molar-refractivity contribution is -0.167. The van der Waals surface area contributed by atoms with Crippen molar-refractivity contribution < 1.29 is 24.2 Å². The number of ether oxygens (including phenoxy) is 1. The molecule has 1 saturated carbocycles. The third kappa shape index (κ3) is 4.52. The van der Waals surface area contributed by atoms with Gasteiger partial charge in [0.25, 0.3) is 11.8 Å². The minimum atomic E-state index is -1.89. The van der Waals surface area contributed by atoms with Gasteiger partial charge in [0.05, 0.1) is 6.54 Å². The number of benzene rings is 1. The maximum absolute atomic E-state index is 12.4. The van der Waals surface area contributed by atoms with Crippen molar-refractivity contribution in [1.29, 1.82) is 0 Å². The number of amides is 2. The zero-order chi connectivity index (χ0) is 20.3. The van der Waals surface area contributed by atoms with E-state index in [0.717, 1.165) is 24.8 Å². The normalized spacial score (nSPS) is 23.7. The lowest BCUT2D eigenvalue weighted by Crippen LogP contribution is -2.49. The molecule has 2 N–H and O–H groups in total. The zero-order valence-corrected chi connectivity index (χ0v) is 16.4. The molecule has 2 aliphatic rings. The fourth-order valence-corrected chi connectivity index (χ4v) is 3.94. The van der Waals surface area contributed by atoms with Crippen molar-refractivity contribution in [2.24, 2.45) is 5.92 Å². The number of carbonyl (C=O) groups is 3. The van der Waals surface area contributed by atoms with Crippen molar-refractivity contribution in [3.8, 4) is 0 Å². The van der Waals surface area contributed by atoms with E-state index in [1.165, 1.54) is 18.2 Å². The van der Waals surface area contributed by atoms with Gasteiger partial charge in [-0.1, -0.05) is 38.0 Å². The molecule has 1 aromatic rings. The van der Waals surface area contributed by atoms with Crippen LogP contribution in [0.5, 0.6) is 0 Å². The Morgan fingerprint density at radius 3 is 2.71 bits per heavy atom. The van der Waals surface area contributed by atoms with Crippen molar-refractivity contribution in [2.45, 2.75) is 57.7 Å². The number of β-amino-alcohol motifs (C(OH)–C–C–N with tert-alkyl or cyclic N) is 1. The van der Waals surface area contributed by atoms with Crippen molar-refractivity contribution >= 4 is 17.8 Å². The third-order valence-electron chi connectivity index (χ3n) is 5.63. The Balaban J connectivity index is 1.49. The second-order valence-corrected chi connectivity index (χ2v) is 8.10. The fraction of sp³-hybridized carbons (Fsp3) is 0.571. The van der Waals surface area contributed by atoms with E-state index in [4.69, 9.17) is 4.74 Å². The molecule has 0 saturated heterocycles. The largest absolute Gasteiger partial charge is 0.453 e. The second-order valence-electron chi connectivity index (χ2n) is 8.10. The van der Waals surface area contributed by atoms with Gasteiger partial charge in [0.1, 0.15) is 0 Å². The SMILES string of the molecule is C[C@@H]1CCCC[C@@H]1NC(=O)COC(=O)[C@](C)(O)CN1Cc2ccccc2C1=O. The first-order chi connectivity index (χ1) is 13.3. The van der Waals surface area contributed by atoms with E-state index in [2.05, 4.69) is 12.2 Å². The van der Waals surface area contributed by atoms with E-state index in [0.29, 0.717) is 18.0 Å². The van der Waals surface area contributed by atoms with Crippen LogP contribution in [0.25, 0.3) is 0 Å². The van der Waals surface area contributed by atoms with Crippen LogP contribution in [0.3, 0.4) is 0 Å². The number of aliphatic hydroxyl groups is 1. The summed E-state index contributed by atoms with van der Waals surface area (Å²) >= 11 is 0. The highest BCUT2D eigenvalue weighted by atomic mass is 16.6. The molecule has 2 amide bonds. The zero-order valence-electron chi connectivity index (χ0n) is 16.4. The average Bonchev–Trinajstić information content (AvgIpc) is 2.97. The van der Waals surface area contributed by atoms with Crippen LogP contribution < -0.4 is 5.32 Å². The van der Waals surface area contributed by atoms with Gasteiger partial charge >= 0.3 is 5.97 Å². The van der Waals surface area contributed by atoms with Crippen LogP contribution in [0.15, 0.2) is 24.3 Å². The van der Waals surface area contributed by atoms with Crippen LogP contribution in [0.2, 0.25) is 0 Å². The van der Waals surface area contributed by atoms with Crippen LogP contribution >= 0.6 is 0 Å². The molecule has 152 valence electrons. The van der Waals surface area contributed by atoms with Gasteiger partial charge in [0, 0.05) is 18.2 Å². The van der Waals surface area contributed by atoms with Gasteiger partial charge in [-0.05, 0) is 37.3 Å². The Bertz CT molecular complexity index is 761. The first kappa shape index (κ1) is 20.3. The van der Waals surface area contributed by atoms with E-state index < -0.39 is 18.2 Å². The second kappa shape index (κ2) is 8.31. The Morgan fingerprint density at radius 1 is 1.29 bits per heavy atom. The number of nitrogens with one attached hydrogen (secondary N) is 1. The molecule has 1 aliphatic carbocycles. The quantitative estimate of drug-likeness (QED) is 0.722. The van der Waals surface area contributed by atoms with Crippen molar-refractivity contribution in [3.05, 3.63) is 35.4 Å².